The molecule has 0 radical (unpaired) electrons. The SMILES string of the molecule is COC(=O)N1CCC(CN2CCC(c3nc(-n4nc(C(C)C)c5cccc(F)c54)no3)CC2)CC1.Cl. The van der Waals surface area contributed by atoms with E-state index in [1.807, 2.05) is 19.9 Å². The zero-order valence-corrected chi connectivity index (χ0v) is 21.8. The fourth-order valence-electron chi connectivity index (χ4n) is 5.35. The van der Waals surface area contributed by atoms with Crippen LogP contribution in [0.2, 0.25) is 0 Å². The van der Waals surface area contributed by atoms with Gasteiger partial charge in [-0.1, -0.05) is 26.0 Å². The van der Waals surface area contributed by atoms with Crippen molar-refractivity contribution < 1.29 is 18.4 Å². The maximum atomic E-state index is 14.7. The highest BCUT2D eigenvalue weighted by Gasteiger charge is 2.30. The van der Waals surface area contributed by atoms with Gasteiger partial charge in [0.25, 0.3) is 5.95 Å². The molecule has 11 heteroatoms. The van der Waals surface area contributed by atoms with Gasteiger partial charge in [-0.25, -0.2) is 9.18 Å². The van der Waals surface area contributed by atoms with Gasteiger partial charge in [-0.2, -0.15) is 14.8 Å². The van der Waals surface area contributed by atoms with Crippen molar-refractivity contribution in [3.8, 4) is 5.95 Å². The van der Waals surface area contributed by atoms with E-state index in [1.165, 1.54) is 17.9 Å². The molecule has 5 rings (SSSR count). The van der Waals surface area contributed by atoms with E-state index in [4.69, 9.17) is 9.26 Å². The third-order valence-electron chi connectivity index (χ3n) is 7.35. The molecule has 0 spiro atoms. The van der Waals surface area contributed by atoms with Crippen LogP contribution >= 0.6 is 12.4 Å². The minimum Gasteiger partial charge on any atom is -0.453 e. The van der Waals surface area contributed by atoms with Crippen LogP contribution in [0, 0.1) is 11.7 Å². The fourth-order valence-corrected chi connectivity index (χ4v) is 5.35. The van der Waals surface area contributed by atoms with Crippen LogP contribution in [-0.2, 0) is 4.74 Å². The van der Waals surface area contributed by atoms with Crippen molar-refractivity contribution in [2.75, 3.05) is 39.8 Å². The minimum atomic E-state index is -0.348. The molecule has 3 aromatic rings. The number of benzene rings is 1. The number of piperidine rings is 2. The normalized spacial score (nSPS) is 18.1. The van der Waals surface area contributed by atoms with Crippen LogP contribution in [0.1, 0.15) is 63.0 Å². The molecule has 4 heterocycles. The molecular weight excluding hydrogens is 487 g/mol. The molecule has 2 saturated heterocycles. The Bertz CT molecular complexity index is 1180. The maximum Gasteiger partial charge on any atom is 0.409 e. The monoisotopic (exact) mass is 520 g/mol. The second-order valence-corrected chi connectivity index (χ2v) is 10.00. The van der Waals surface area contributed by atoms with Crippen LogP contribution in [0.5, 0.6) is 0 Å². The number of hydrogen-bond acceptors (Lipinski definition) is 7. The van der Waals surface area contributed by atoms with Gasteiger partial charge < -0.3 is 19.1 Å². The highest BCUT2D eigenvalue weighted by molar-refractivity contribution is 5.85. The lowest BCUT2D eigenvalue weighted by atomic mass is 9.93. The number of fused-ring (bicyclic) bond motifs is 1. The highest BCUT2D eigenvalue weighted by Crippen LogP contribution is 2.31. The van der Waals surface area contributed by atoms with E-state index < -0.39 is 0 Å². The first-order valence-corrected chi connectivity index (χ1v) is 12.5. The van der Waals surface area contributed by atoms with Crippen molar-refractivity contribution in [3.63, 3.8) is 0 Å². The lowest BCUT2D eigenvalue weighted by molar-refractivity contribution is 0.0932. The van der Waals surface area contributed by atoms with Crippen molar-refractivity contribution >= 4 is 29.4 Å². The fraction of sp³-hybridized carbons (Fsp3) is 0.600. The molecule has 0 saturated carbocycles. The molecule has 2 fully saturated rings. The molecule has 1 aromatic carbocycles. The van der Waals surface area contributed by atoms with Crippen LogP contribution in [0.3, 0.4) is 0 Å². The van der Waals surface area contributed by atoms with Crippen LogP contribution in [0.4, 0.5) is 9.18 Å². The van der Waals surface area contributed by atoms with Crippen molar-refractivity contribution in [3.05, 3.63) is 35.6 Å². The summed E-state index contributed by atoms with van der Waals surface area (Å²) in [6.45, 7) is 8.59. The summed E-state index contributed by atoms with van der Waals surface area (Å²) in [4.78, 5) is 20.6. The van der Waals surface area contributed by atoms with Crippen LogP contribution in [-0.4, -0.2) is 75.6 Å². The predicted octanol–water partition coefficient (Wildman–Crippen LogP) is 4.75. The number of rotatable bonds is 5. The maximum absolute atomic E-state index is 14.7. The number of methoxy groups -OCH3 is 1. The van der Waals surface area contributed by atoms with E-state index >= 15 is 0 Å². The third kappa shape index (κ3) is 5.20. The Morgan fingerprint density at radius 1 is 1.17 bits per heavy atom. The number of hydrogen-bond donors (Lipinski definition) is 0. The van der Waals surface area contributed by atoms with Gasteiger partial charge in [-0.15, -0.1) is 12.4 Å². The molecule has 2 aromatic heterocycles. The minimum absolute atomic E-state index is 0. The summed E-state index contributed by atoms with van der Waals surface area (Å²) in [6.07, 6.45) is 3.67. The molecule has 0 N–H and O–H groups in total. The van der Waals surface area contributed by atoms with E-state index in [-0.39, 0.29) is 42.1 Å². The summed E-state index contributed by atoms with van der Waals surface area (Å²) in [5.74, 6) is 1.45. The summed E-state index contributed by atoms with van der Waals surface area (Å²) in [5.41, 5.74) is 1.20. The third-order valence-corrected chi connectivity index (χ3v) is 7.35. The lowest BCUT2D eigenvalue weighted by Crippen LogP contribution is -2.43. The van der Waals surface area contributed by atoms with Crippen LogP contribution in [0.15, 0.2) is 22.7 Å². The van der Waals surface area contributed by atoms with E-state index in [9.17, 15) is 9.18 Å². The Balaban J connectivity index is 0.00000304. The predicted molar refractivity (Wildman–Crippen MR) is 135 cm³/mol. The molecule has 0 atom stereocenters. The van der Waals surface area contributed by atoms with Gasteiger partial charge in [0, 0.05) is 30.9 Å². The Hall–Kier alpha value is -2.72. The standard InChI is InChI=1S/C25H33FN6O3.ClH/c1-16(2)21-19-5-4-6-20(26)22(19)32(28-21)24-27-23(35-29-24)18-9-11-30(12-10-18)15-17-7-13-31(14-8-17)25(33)34-3;/h4-6,16-18H,7-15H2,1-3H3;1H. The number of para-hydroxylation sites is 1. The number of nitrogens with zero attached hydrogens (tertiary/aromatic N) is 6. The van der Waals surface area contributed by atoms with Crippen LogP contribution in [0.25, 0.3) is 16.9 Å². The number of amides is 1. The summed E-state index contributed by atoms with van der Waals surface area (Å²) in [5, 5.41) is 9.56. The topological polar surface area (TPSA) is 89.5 Å². The van der Waals surface area contributed by atoms with Gasteiger partial charge in [-0.3, -0.25) is 0 Å². The van der Waals surface area contributed by atoms with Gasteiger partial charge in [0.05, 0.1) is 12.8 Å². The first-order valence-electron chi connectivity index (χ1n) is 12.5. The number of carbonyl (C=O) groups is 1. The number of likely N-dealkylation sites (tertiary alicyclic amines) is 2. The summed E-state index contributed by atoms with van der Waals surface area (Å²) < 4.78 is 26.6. The smallest absolute Gasteiger partial charge is 0.409 e. The molecule has 2 aliphatic heterocycles. The van der Waals surface area contributed by atoms with E-state index in [0.717, 1.165) is 69.5 Å². The molecule has 0 bridgehead atoms. The Morgan fingerprint density at radius 3 is 2.56 bits per heavy atom. The van der Waals surface area contributed by atoms with Gasteiger partial charge in [0.15, 0.2) is 0 Å². The molecule has 0 aliphatic carbocycles. The van der Waals surface area contributed by atoms with Crippen molar-refractivity contribution in [1.29, 1.82) is 0 Å². The molecule has 2 aliphatic rings. The van der Waals surface area contributed by atoms with Crippen LogP contribution < -0.4 is 0 Å². The molecule has 0 unspecified atom stereocenters. The molecule has 9 nitrogen and oxygen atoms in total. The number of aromatic nitrogens is 4. The van der Waals surface area contributed by atoms with Gasteiger partial charge >= 0.3 is 6.09 Å². The second-order valence-electron chi connectivity index (χ2n) is 10.00. The van der Waals surface area contributed by atoms with Crippen molar-refractivity contribution in [1.82, 2.24) is 29.7 Å². The number of halogens is 2. The summed E-state index contributed by atoms with van der Waals surface area (Å²) in [6, 6.07) is 5.02. The zero-order valence-electron chi connectivity index (χ0n) is 21.0. The first kappa shape index (κ1) is 26.3. The lowest BCUT2D eigenvalue weighted by Gasteiger charge is -2.36. The van der Waals surface area contributed by atoms with Crippen molar-refractivity contribution in [2.24, 2.45) is 5.92 Å². The Morgan fingerprint density at radius 2 is 1.89 bits per heavy atom. The second kappa shape index (κ2) is 11.1. The zero-order chi connectivity index (χ0) is 24.5. The highest BCUT2D eigenvalue weighted by atomic mass is 35.5. The first-order chi connectivity index (χ1) is 16.9. The number of ether oxygens (including phenoxy) is 1. The van der Waals surface area contributed by atoms with Crippen molar-refractivity contribution in [2.45, 2.75) is 51.4 Å². The molecule has 36 heavy (non-hydrogen) atoms. The van der Waals surface area contributed by atoms with E-state index in [1.54, 1.807) is 11.0 Å². The summed E-state index contributed by atoms with van der Waals surface area (Å²) in [7, 11) is 1.43. The van der Waals surface area contributed by atoms with Gasteiger partial charge in [0.2, 0.25) is 5.89 Å². The van der Waals surface area contributed by atoms with E-state index in [2.05, 4.69) is 20.1 Å². The molecule has 196 valence electrons. The quantitative estimate of drug-likeness (QED) is 0.479. The molecule has 1 amide bonds. The van der Waals surface area contributed by atoms with Gasteiger partial charge in [0.1, 0.15) is 11.3 Å². The summed E-state index contributed by atoms with van der Waals surface area (Å²) >= 11 is 0. The largest absolute Gasteiger partial charge is 0.453 e. The number of carbonyl (C=O) groups excluding carboxylic acids is 1. The Labute approximate surface area is 216 Å². The average molecular weight is 521 g/mol. The average Bonchev–Trinajstić information content (AvgIpc) is 3.50. The van der Waals surface area contributed by atoms with Gasteiger partial charge in [-0.05, 0) is 61.8 Å². The molecular formula is C25H34ClFN6O3. The van der Waals surface area contributed by atoms with E-state index in [0.29, 0.717) is 17.3 Å². The Kier molecular flexibility index (Phi) is 8.14.